The molecule has 0 atom stereocenters. The number of aromatic nitrogens is 1. The van der Waals surface area contributed by atoms with Crippen LogP contribution in [0.4, 0.5) is 5.82 Å². The number of anilines is 1. The lowest BCUT2D eigenvalue weighted by atomic mass is 10.2. The van der Waals surface area contributed by atoms with E-state index in [2.05, 4.69) is 45.0 Å². The zero-order valence-corrected chi connectivity index (χ0v) is 15.4. The molecule has 1 aromatic heterocycles. The number of carbonyl (C=O) groups excluding carboxylic acids is 1. The summed E-state index contributed by atoms with van der Waals surface area (Å²) >= 11 is 9.34. The molecule has 0 saturated carbocycles. The Morgan fingerprint density at radius 3 is 2.74 bits per heavy atom. The molecule has 0 aliphatic carbocycles. The first-order valence-corrected chi connectivity index (χ1v) is 8.51. The van der Waals surface area contributed by atoms with Gasteiger partial charge in [-0.15, -0.1) is 0 Å². The highest BCUT2D eigenvalue weighted by atomic mass is 79.9. The van der Waals surface area contributed by atoms with Gasteiger partial charge in [0.1, 0.15) is 5.82 Å². The van der Waals surface area contributed by atoms with E-state index in [1.54, 1.807) is 12.3 Å². The van der Waals surface area contributed by atoms with Gasteiger partial charge in [-0.2, -0.15) is 0 Å². The van der Waals surface area contributed by atoms with Crippen molar-refractivity contribution < 1.29 is 4.79 Å². The average molecular weight is 397 g/mol. The molecule has 1 aromatic carbocycles. The van der Waals surface area contributed by atoms with E-state index in [4.69, 9.17) is 11.6 Å². The second kappa shape index (κ2) is 8.43. The van der Waals surface area contributed by atoms with E-state index in [9.17, 15) is 4.79 Å². The normalized spacial score (nSPS) is 11.0. The molecule has 23 heavy (non-hydrogen) atoms. The minimum atomic E-state index is -0.0875. The number of nitrogens with zero attached hydrogens (tertiary/aromatic N) is 2. The Bertz CT molecular complexity index is 661. The predicted octanol–water partition coefficient (Wildman–Crippen LogP) is 4.35. The second-order valence-corrected chi connectivity index (χ2v) is 6.89. The summed E-state index contributed by atoms with van der Waals surface area (Å²) in [6.45, 7) is 5.09. The van der Waals surface area contributed by atoms with Crippen LogP contribution in [0.3, 0.4) is 0 Å². The number of rotatable bonds is 6. The van der Waals surface area contributed by atoms with Crippen LogP contribution >= 0.6 is 27.5 Å². The fraction of sp³-hybridized carbons (Fsp3) is 0.294. The lowest BCUT2D eigenvalue weighted by Gasteiger charge is -2.25. The number of hydrogen-bond donors (Lipinski definition) is 1. The van der Waals surface area contributed by atoms with Gasteiger partial charge in [0.2, 0.25) is 5.91 Å². The van der Waals surface area contributed by atoms with E-state index in [1.807, 2.05) is 30.3 Å². The van der Waals surface area contributed by atoms with E-state index in [0.29, 0.717) is 23.9 Å². The van der Waals surface area contributed by atoms with Crippen LogP contribution in [0, 0.1) is 0 Å². The van der Waals surface area contributed by atoms with Gasteiger partial charge in [-0.05, 0) is 59.6 Å². The van der Waals surface area contributed by atoms with Crippen LogP contribution in [0.2, 0.25) is 5.02 Å². The first kappa shape index (κ1) is 17.9. The summed E-state index contributed by atoms with van der Waals surface area (Å²) < 4.78 is 0.875. The van der Waals surface area contributed by atoms with Crippen molar-refractivity contribution in [3.63, 3.8) is 0 Å². The number of nitrogens with one attached hydrogen (secondary N) is 1. The maximum absolute atomic E-state index is 12.2. The highest BCUT2D eigenvalue weighted by Crippen LogP contribution is 2.15. The molecule has 0 bridgehead atoms. The van der Waals surface area contributed by atoms with E-state index in [-0.39, 0.29) is 11.9 Å². The van der Waals surface area contributed by atoms with Gasteiger partial charge < -0.3 is 5.32 Å². The number of pyridine rings is 1. The first-order valence-electron chi connectivity index (χ1n) is 7.34. The molecule has 0 aliphatic heterocycles. The lowest BCUT2D eigenvalue weighted by Crippen LogP contribution is -2.37. The summed E-state index contributed by atoms with van der Waals surface area (Å²) in [5.74, 6) is 0.459. The Balaban J connectivity index is 1.98. The summed E-state index contributed by atoms with van der Waals surface area (Å²) in [4.78, 5) is 18.5. The van der Waals surface area contributed by atoms with Crippen molar-refractivity contribution in [3.8, 4) is 0 Å². The van der Waals surface area contributed by atoms with Gasteiger partial charge in [-0.1, -0.05) is 23.7 Å². The minimum Gasteiger partial charge on any atom is -0.310 e. The molecule has 1 heterocycles. The third-order valence-corrected chi connectivity index (χ3v) is 4.05. The molecule has 1 N–H and O–H groups in total. The van der Waals surface area contributed by atoms with E-state index >= 15 is 0 Å². The third-order valence-electron chi connectivity index (χ3n) is 3.35. The summed E-state index contributed by atoms with van der Waals surface area (Å²) in [6, 6.07) is 11.5. The van der Waals surface area contributed by atoms with Crippen LogP contribution < -0.4 is 5.32 Å². The Labute approximate surface area is 150 Å². The molecule has 0 radical (unpaired) electrons. The van der Waals surface area contributed by atoms with Gasteiger partial charge in [0, 0.05) is 28.3 Å². The standard InChI is InChI=1S/C17H19BrClN3O/c1-12(2)22(10-13-4-3-5-15(19)8-13)11-17(23)21-16-7-6-14(18)9-20-16/h3-9,12H,10-11H2,1-2H3,(H,20,21,23). The quantitative estimate of drug-likeness (QED) is 0.789. The van der Waals surface area contributed by atoms with Crippen molar-refractivity contribution in [2.75, 3.05) is 11.9 Å². The number of hydrogen-bond acceptors (Lipinski definition) is 3. The predicted molar refractivity (Wildman–Crippen MR) is 97.6 cm³/mol. The molecule has 0 saturated heterocycles. The number of carbonyl (C=O) groups is 1. The molecule has 0 aliphatic rings. The Morgan fingerprint density at radius 2 is 2.13 bits per heavy atom. The Hall–Kier alpha value is -1.43. The molecule has 1 amide bonds. The summed E-state index contributed by atoms with van der Waals surface area (Å²) in [7, 11) is 0. The number of benzene rings is 1. The van der Waals surface area contributed by atoms with Gasteiger partial charge in [0.05, 0.1) is 6.54 Å². The Kier molecular flexibility index (Phi) is 6.57. The van der Waals surface area contributed by atoms with E-state index < -0.39 is 0 Å². The van der Waals surface area contributed by atoms with Crippen molar-refractivity contribution in [2.24, 2.45) is 0 Å². The highest BCUT2D eigenvalue weighted by molar-refractivity contribution is 9.10. The number of amides is 1. The maximum atomic E-state index is 12.2. The van der Waals surface area contributed by atoms with Gasteiger partial charge in [-0.25, -0.2) is 4.98 Å². The summed E-state index contributed by atoms with van der Waals surface area (Å²) in [5, 5.41) is 3.52. The fourth-order valence-electron chi connectivity index (χ4n) is 2.11. The van der Waals surface area contributed by atoms with Crippen LogP contribution in [0.15, 0.2) is 47.1 Å². The zero-order valence-electron chi connectivity index (χ0n) is 13.1. The van der Waals surface area contributed by atoms with Gasteiger partial charge in [0.15, 0.2) is 0 Å². The van der Waals surface area contributed by atoms with Crippen molar-refractivity contribution in [1.29, 1.82) is 0 Å². The molecule has 0 unspecified atom stereocenters. The van der Waals surface area contributed by atoms with Crippen LogP contribution in [0.5, 0.6) is 0 Å². The molecule has 6 heteroatoms. The van der Waals surface area contributed by atoms with Gasteiger partial charge in [-0.3, -0.25) is 9.69 Å². The van der Waals surface area contributed by atoms with Crippen LogP contribution in [0.1, 0.15) is 19.4 Å². The average Bonchev–Trinajstić information content (AvgIpc) is 2.49. The smallest absolute Gasteiger partial charge is 0.239 e. The summed E-state index contributed by atoms with van der Waals surface area (Å²) in [6.07, 6.45) is 1.65. The molecule has 2 aromatic rings. The fourth-order valence-corrected chi connectivity index (χ4v) is 2.55. The Morgan fingerprint density at radius 1 is 1.35 bits per heavy atom. The van der Waals surface area contributed by atoms with Gasteiger partial charge in [0.25, 0.3) is 0 Å². The lowest BCUT2D eigenvalue weighted by molar-refractivity contribution is -0.117. The maximum Gasteiger partial charge on any atom is 0.239 e. The SMILES string of the molecule is CC(C)N(CC(=O)Nc1ccc(Br)cn1)Cc1cccc(Cl)c1. The second-order valence-electron chi connectivity index (χ2n) is 5.54. The minimum absolute atomic E-state index is 0.0875. The topological polar surface area (TPSA) is 45.2 Å². The van der Waals surface area contributed by atoms with Crippen molar-refractivity contribution in [3.05, 3.63) is 57.7 Å². The van der Waals surface area contributed by atoms with Crippen LogP contribution in [0.25, 0.3) is 0 Å². The molecule has 122 valence electrons. The molecule has 0 fully saturated rings. The van der Waals surface area contributed by atoms with E-state index in [0.717, 1.165) is 10.0 Å². The molecule has 2 rings (SSSR count). The van der Waals surface area contributed by atoms with Crippen LogP contribution in [-0.2, 0) is 11.3 Å². The number of halogens is 2. The molecular formula is C17H19BrClN3O. The molecular weight excluding hydrogens is 378 g/mol. The van der Waals surface area contributed by atoms with Crippen molar-refractivity contribution in [1.82, 2.24) is 9.88 Å². The van der Waals surface area contributed by atoms with Gasteiger partial charge >= 0.3 is 0 Å². The third kappa shape index (κ3) is 5.94. The van der Waals surface area contributed by atoms with Crippen molar-refractivity contribution >= 4 is 39.3 Å². The summed E-state index contributed by atoms with van der Waals surface area (Å²) in [5.41, 5.74) is 1.08. The zero-order chi connectivity index (χ0) is 16.8. The first-order chi connectivity index (χ1) is 10.9. The largest absolute Gasteiger partial charge is 0.310 e. The van der Waals surface area contributed by atoms with Crippen molar-refractivity contribution in [2.45, 2.75) is 26.4 Å². The van der Waals surface area contributed by atoms with Crippen LogP contribution in [-0.4, -0.2) is 28.4 Å². The highest BCUT2D eigenvalue weighted by Gasteiger charge is 2.15. The van der Waals surface area contributed by atoms with E-state index in [1.165, 1.54) is 0 Å². The monoisotopic (exact) mass is 395 g/mol. The molecule has 4 nitrogen and oxygen atoms in total. The molecule has 0 spiro atoms.